The van der Waals surface area contributed by atoms with E-state index < -0.39 is 9.84 Å². The second kappa shape index (κ2) is 8.04. The average molecular weight is 429 g/mol. The zero-order valence-corrected chi connectivity index (χ0v) is 18.4. The van der Waals surface area contributed by atoms with Gasteiger partial charge in [0.15, 0.2) is 9.84 Å². The quantitative estimate of drug-likeness (QED) is 0.733. The van der Waals surface area contributed by atoms with Crippen LogP contribution >= 0.6 is 0 Å². The van der Waals surface area contributed by atoms with Gasteiger partial charge in [-0.15, -0.1) is 0 Å². The molecule has 0 aliphatic carbocycles. The van der Waals surface area contributed by atoms with Crippen molar-refractivity contribution in [2.75, 3.05) is 30.1 Å². The van der Waals surface area contributed by atoms with Gasteiger partial charge in [-0.2, -0.15) is 0 Å². The van der Waals surface area contributed by atoms with E-state index in [2.05, 4.69) is 13.8 Å². The SMILES string of the molecule is COc1ccc(CN2CC(=O)N(c3ccc(C(C)C)cc3)[C@H]3CS(=O)(=O)C[C@@H]32)cc1. The molecule has 7 heteroatoms. The molecule has 160 valence electrons. The van der Waals surface area contributed by atoms with Crippen molar-refractivity contribution in [1.29, 1.82) is 0 Å². The summed E-state index contributed by atoms with van der Waals surface area (Å²) in [6.07, 6.45) is 0. The first-order chi connectivity index (χ1) is 14.3. The van der Waals surface area contributed by atoms with Crippen molar-refractivity contribution in [1.82, 2.24) is 4.90 Å². The standard InChI is InChI=1S/C23H28N2O4S/c1-16(2)18-6-8-19(9-7-18)25-22-15-30(27,28)14-21(22)24(13-23(25)26)12-17-4-10-20(29-3)11-5-17/h4-11,16,21-22H,12-15H2,1-3H3/t21-,22-/m0/s1. The summed E-state index contributed by atoms with van der Waals surface area (Å²) >= 11 is 0. The molecule has 2 aliphatic heterocycles. The van der Waals surface area contributed by atoms with Crippen LogP contribution in [0.2, 0.25) is 0 Å². The van der Waals surface area contributed by atoms with Crippen LogP contribution < -0.4 is 9.64 Å². The number of carbonyl (C=O) groups is 1. The van der Waals surface area contributed by atoms with Gasteiger partial charge in [-0.1, -0.05) is 38.1 Å². The highest BCUT2D eigenvalue weighted by molar-refractivity contribution is 7.91. The van der Waals surface area contributed by atoms with Crippen LogP contribution in [0.1, 0.15) is 30.9 Å². The number of piperazine rings is 1. The van der Waals surface area contributed by atoms with Crippen LogP contribution in [0.25, 0.3) is 0 Å². The number of sulfone groups is 1. The molecule has 0 spiro atoms. The number of hydrogen-bond acceptors (Lipinski definition) is 5. The molecule has 2 saturated heterocycles. The van der Waals surface area contributed by atoms with Crippen molar-refractivity contribution in [3.8, 4) is 5.75 Å². The summed E-state index contributed by atoms with van der Waals surface area (Å²) in [7, 11) is -1.59. The van der Waals surface area contributed by atoms with Crippen LogP contribution in [0.5, 0.6) is 5.75 Å². The minimum absolute atomic E-state index is 0.00838. The molecule has 0 radical (unpaired) electrons. The summed E-state index contributed by atoms with van der Waals surface area (Å²) in [6.45, 7) is 4.98. The van der Waals surface area contributed by atoms with Crippen LogP contribution in [0, 0.1) is 0 Å². The van der Waals surface area contributed by atoms with Crippen LogP contribution in [0.15, 0.2) is 48.5 Å². The number of benzene rings is 2. The lowest BCUT2D eigenvalue weighted by Gasteiger charge is -2.43. The topological polar surface area (TPSA) is 66.9 Å². The van der Waals surface area contributed by atoms with E-state index in [1.54, 1.807) is 12.0 Å². The van der Waals surface area contributed by atoms with Gasteiger partial charge in [-0.25, -0.2) is 8.42 Å². The van der Waals surface area contributed by atoms with Crippen molar-refractivity contribution in [3.05, 3.63) is 59.7 Å². The van der Waals surface area contributed by atoms with Gasteiger partial charge >= 0.3 is 0 Å². The highest BCUT2D eigenvalue weighted by Crippen LogP contribution is 2.33. The zero-order valence-electron chi connectivity index (χ0n) is 17.6. The van der Waals surface area contributed by atoms with Crippen molar-refractivity contribution in [2.45, 2.75) is 38.4 Å². The third kappa shape index (κ3) is 4.09. The van der Waals surface area contributed by atoms with E-state index in [1.165, 1.54) is 5.56 Å². The smallest absolute Gasteiger partial charge is 0.241 e. The minimum atomic E-state index is -3.21. The fraction of sp³-hybridized carbons (Fsp3) is 0.435. The van der Waals surface area contributed by atoms with Crippen molar-refractivity contribution in [3.63, 3.8) is 0 Å². The van der Waals surface area contributed by atoms with Gasteiger partial charge in [0.05, 0.1) is 31.2 Å². The molecule has 1 amide bonds. The number of rotatable bonds is 5. The van der Waals surface area contributed by atoms with Gasteiger partial charge in [0, 0.05) is 18.3 Å². The van der Waals surface area contributed by atoms with E-state index in [0.29, 0.717) is 12.5 Å². The first-order valence-corrected chi connectivity index (χ1v) is 12.1. The highest BCUT2D eigenvalue weighted by atomic mass is 32.2. The van der Waals surface area contributed by atoms with E-state index in [9.17, 15) is 13.2 Å². The molecule has 2 atom stereocenters. The normalized spacial score (nSPS) is 23.6. The zero-order chi connectivity index (χ0) is 21.5. The Morgan fingerprint density at radius 2 is 1.63 bits per heavy atom. The molecule has 2 fully saturated rings. The summed E-state index contributed by atoms with van der Waals surface area (Å²) in [5, 5.41) is 0. The second-order valence-corrected chi connectivity index (χ2v) is 10.6. The third-order valence-corrected chi connectivity index (χ3v) is 7.78. The number of hydrogen-bond donors (Lipinski definition) is 0. The molecular weight excluding hydrogens is 400 g/mol. The van der Waals surface area contributed by atoms with Crippen LogP contribution in [-0.4, -0.2) is 56.5 Å². The van der Waals surface area contributed by atoms with E-state index >= 15 is 0 Å². The maximum absolute atomic E-state index is 13.1. The van der Waals surface area contributed by atoms with E-state index in [4.69, 9.17) is 4.74 Å². The lowest BCUT2D eigenvalue weighted by molar-refractivity contribution is -0.123. The Balaban J connectivity index is 1.61. The molecule has 0 unspecified atom stereocenters. The van der Waals surface area contributed by atoms with Gasteiger partial charge in [0.25, 0.3) is 0 Å². The number of carbonyl (C=O) groups excluding carboxylic acids is 1. The number of fused-ring (bicyclic) bond motifs is 1. The number of methoxy groups -OCH3 is 1. The summed E-state index contributed by atoms with van der Waals surface area (Å²) in [4.78, 5) is 16.9. The summed E-state index contributed by atoms with van der Waals surface area (Å²) in [5.41, 5.74) is 3.00. The van der Waals surface area contributed by atoms with Crippen LogP contribution in [0.3, 0.4) is 0 Å². The van der Waals surface area contributed by atoms with Gasteiger partial charge in [-0.3, -0.25) is 9.69 Å². The molecule has 2 heterocycles. The van der Waals surface area contributed by atoms with Crippen molar-refractivity contribution in [2.24, 2.45) is 0 Å². The van der Waals surface area contributed by atoms with Gasteiger partial charge < -0.3 is 9.64 Å². The number of ether oxygens (including phenoxy) is 1. The number of nitrogens with zero attached hydrogens (tertiary/aromatic N) is 2. The molecule has 0 saturated carbocycles. The van der Waals surface area contributed by atoms with Gasteiger partial charge in [0.1, 0.15) is 5.75 Å². The number of anilines is 1. The maximum Gasteiger partial charge on any atom is 0.241 e. The lowest BCUT2D eigenvalue weighted by atomic mass is 10.00. The molecule has 0 bridgehead atoms. The largest absolute Gasteiger partial charge is 0.497 e. The fourth-order valence-corrected chi connectivity index (χ4v) is 6.43. The Labute approximate surface area is 178 Å². The summed E-state index contributed by atoms with van der Waals surface area (Å²) in [5.74, 6) is 1.21. The highest BCUT2D eigenvalue weighted by Gasteiger charge is 2.49. The van der Waals surface area contributed by atoms with Crippen molar-refractivity contribution >= 4 is 21.4 Å². The Morgan fingerprint density at radius 3 is 2.23 bits per heavy atom. The van der Waals surface area contributed by atoms with E-state index in [1.807, 2.05) is 53.4 Å². The summed E-state index contributed by atoms with van der Waals surface area (Å²) < 4.78 is 30.3. The second-order valence-electron chi connectivity index (χ2n) is 8.47. The van der Waals surface area contributed by atoms with Gasteiger partial charge in [0.2, 0.25) is 5.91 Å². The first-order valence-electron chi connectivity index (χ1n) is 10.3. The Morgan fingerprint density at radius 1 is 1.00 bits per heavy atom. The maximum atomic E-state index is 13.1. The predicted octanol–water partition coefficient (Wildman–Crippen LogP) is 2.83. The van der Waals surface area contributed by atoms with Crippen LogP contribution in [-0.2, 0) is 21.2 Å². The Hall–Kier alpha value is -2.38. The molecule has 4 rings (SSSR count). The number of amides is 1. The van der Waals surface area contributed by atoms with E-state index in [0.717, 1.165) is 17.0 Å². The molecule has 0 aromatic heterocycles. The average Bonchev–Trinajstić information content (AvgIpc) is 3.04. The Kier molecular flexibility index (Phi) is 5.59. The molecule has 30 heavy (non-hydrogen) atoms. The molecule has 2 aromatic carbocycles. The minimum Gasteiger partial charge on any atom is -0.497 e. The van der Waals surface area contributed by atoms with Crippen LogP contribution in [0.4, 0.5) is 5.69 Å². The lowest BCUT2D eigenvalue weighted by Crippen LogP contribution is -2.61. The molecule has 2 aliphatic rings. The Bertz CT molecular complexity index is 1020. The predicted molar refractivity (Wildman–Crippen MR) is 118 cm³/mol. The monoisotopic (exact) mass is 428 g/mol. The third-order valence-electron chi connectivity index (χ3n) is 6.08. The molecule has 6 nitrogen and oxygen atoms in total. The molecular formula is C23H28N2O4S. The fourth-order valence-electron chi connectivity index (χ4n) is 4.45. The molecule has 2 aromatic rings. The molecule has 0 N–H and O–H groups in total. The summed E-state index contributed by atoms with van der Waals surface area (Å²) in [6, 6.07) is 15.0. The van der Waals surface area contributed by atoms with E-state index in [-0.39, 0.29) is 36.0 Å². The first kappa shape index (κ1) is 20.9. The van der Waals surface area contributed by atoms with Crippen molar-refractivity contribution < 1.29 is 17.9 Å². The van der Waals surface area contributed by atoms with Gasteiger partial charge in [-0.05, 0) is 41.3 Å².